The molecule has 3 radical (unpaired) electrons. The van der Waals surface area contributed by atoms with Gasteiger partial charge in [-0.1, -0.05) is 17.7 Å². The molecule has 2 heteroatoms. The van der Waals surface area contributed by atoms with Crippen LogP contribution in [0.25, 0.3) is 0 Å². The smallest absolute Gasteiger partial charge is 0.117 e. The van der Waals surface area contributed by atoms with Crippen molar-refractivity contribution in [1.82, 2.24) is 0 Å². The fraction of sp³-hybridized carbons (Fsp3) is 0.250. The lowest BCUT2D eigenvalue weighted by atomic mass is 10.2. The lowest BCUT2D eigenvalue weighted by Crippen LogP contribution is -2.06. The van der Waals surface area contributed by atoms with Gasteiger partial charge in [0, 0.05) is 0 Å². The number of rotatable bonds is 1. The molecule has 0 aliphatic carbocycles. The van der Waals surface area contributed by atoms with E-state index in [1.165, 1.54) is 5.56 Å². The standard InChI is InChI=1S/C8H9OSi/c1-6-3-4-7(9-2)8(10)5-6/h3-5H,1-2H3. The molecule has 0 saturated carbocycles. The van der Waals surface area contributed by atoms with Crippen molar-refractivity contribution in [3.05, 3.63) is 23.8 Å². The Hall–Kier alpha value is -0.763. The van der Waals surface area contributed by atoms with Gasteiger partial charge in [-0.3, -0.25) is 0 Å². The minimum Gasteiger partial charge on any atom is -0.497 e. The van der Waals surface area contributed by atoms with Gasteiger partial charge in [0.05, 0.1) is 17.4 Å². The van der Waals surface area contributed by atoms with Gasteiger partial charge in [-0.05, 0) is 18.2 Å². The fourth-order valence-corrected chi connectivity index (χ4v) is 1.23. The summed E-state index contributed by atoms with van der Waals surface area (Å²) in [7, 11) is 5.09. The van der Waals surface area contributed by atoms with Gasteiger partial charge in [-0.25, -0.2) is 0 Å². The van der Waals surface area contributed by atoms with Crippen LogP contribution in [-0.4, -0.2) is 17.4 Å². The Morgan fingerprint density at radius 1 is 1.40 bits per heavy atom. The molecule has 0 aliphatic rings. The van der Waals surface area contributed by atoms with Crippen molar-refractivity contribution < 1.29 is 4.74 Å². The zero-order valence-electron chi connectivity index (χ0n) is 6.14. The van der Waals surface area contributed by atoms with E-state index in [4.69, 9.17) is 4.74 Å². The summed E-state index contributed by atoms with van der Waals surface area (Å²) >= 11 is 0. The van der Waals surface area contributed by atoms with E-state index in [1.807, 2.05) is 25.1 Å². The van der Waals surface area contributed by atoms with Crippen LogP contribution in [0.1, 0.15) is 5.56 Å². The third-order valence-electron chi connectivity index (χ3n) is 1.35. The summed E-state index contributed by atoms with van der Waals surface area (Å²) in [5.74, 6) is 0.877. The second-order valence-corrected chi connectivity index (χ2v) is 2.74. The molecule has 0 saturated heterocycles. The Morgan fingerprint density at radius 3 is 2.60 bits per heavy atom. The van der Waals surface area contributed by atoms with Gasteiger partial charge in [0.25, 0.3) is 0 Å². The number of ether oxygens (including phenoxy) is 1. The highest BCUT2D eigenvalue weighted by Gasteiger charge is 1.94. The van der Waals surface area contributed by atoms with Gasteiger partial charge in [0.2, 0.25) is 0 Å². The summed E-state index contributed by atoms with van der Waals surface area (Å²) < 4.78 is 5.05. The van der Waals surface area contributed by atoms with Gasteiger partial charge >= 0.3 is 0 Å². The summed E-state index contributed by atoms with van der Waals surface area (Å²) in [6.45, 7) is 2.04. The Morgan fingerprint density at radius 2 is 2.10 bits per heavy atom. The van der Waals surface area contributed by atoms with Crippen LogP contribution >= 0.6 is 0 Å². The highest BCUT2D eigenvalue weighted by Crippen LogP contribution is 2.05. The second-order valence-electron chi connectivity index (χ2n) is 2.20. The van der Waals surface area contributed by atoms with E-state index in [9.17, 15) is 0 Å². The van der Waals surface area contributed by atoms with E-state index in [-0.39, 0.29) is 0 Å². The molecule has 0 fully saturated rings. The SMILES string of the molecule is COc1ccc(C)cc1[Si]. The van der Waals surface area contributed by atoms with Gasteiger partial charge < -0.3 is 4.74 Å². The van der Waals surface area contributed by atoms with E-state index >= 15 is 0 Å². The lowest BCUT2D eigenvalue weighted by molar-refractivity contribution is 0.418. The van der Waals surface area contributed by atoms with E-state index < -0.39 is 0 Å². The average molecular weight is 149 g/mol. The highest BCUT2D eigenvalue weighted by atomic mass is 28.1. The Kier molecular flexibility index (Phi) is 2.12. The largest absolute Gasteiger partial charge is 0.497 e. The first-order chi connectivity index (χ1) is 4.74. The summed E-state index contributed by atoms with van der Waals surface area (Å²) in [5, 5.41) is 1.00. The number of methoxy groups -OCH3 is 1. The lowest BCUT2D eigenvalue weighted by Gasteiger charge is -2.03. The summed E-state index contributed by atoms with van der Waals surface area (Å²) in [6, 6.07) is 5.98. The molecular weight excluding hydrogens is 140 g/mol. The van der Waals surface area contributed by atoms with Crippen molar-refractivity contribution in [3.63, 3.8) is 0 Å². The summed E-state index contributed by atoms with van der Waals surface area (Å²) in [6.07, 6.45) is 0. The van der Waals surface area contributed by atoms with Crippen LogP contribution in [-0.2, 0) is 0 Å². The first-order valence-electron chi connectivity index (χ1n) is 3.10. The molecule has 0 spiro atoms. The number of hydrogen-bond donors (Lipinski definition) is 0. The van der Waals surface area contributed by atoms with Gasteiger partial charge in [-0.2, -0.15) is 0 Å². The van der Waals surface area contributed by atoms with Crippen molar-refractivity contribution in [2.24, 2.45) is 0 Å². The normalized spacial score (nSPS) is 9.50. The Labute approximate surface area is 64.4 Å². The molecular formula is C8H9OSi. The number of aryl methyl sites for hydroxylation is 1. The molecule has 1 rings (SSSR count). The Balaban J connectivity index is 3.07. The predicted octanol–water partition coefficient (Wildman–Crippen LogP) is 0.797. The molecule has 51 valence electrons. The average Bonchev–Trinajstić information content (AvgIpc) is 1.88. The maximum absolute atomic E-state index is 5.05. The zero-order chi connectivity index (χ0) is 7.56. The van der Waals surface area contributed by atoms with Crippen LogP contribution < -0.4 is 9.92 Å². The number of benzene rings is 1. The highest BCUT2D eigenvalue weighted by molar-refractivity contribution is 6.34. The third kappa shape index (κ3) is 1.39. The molecule has 0 atom stereocenters. The van der Waals surface area contributed by atoms with Gasteiger partial charge in [0.1, 0.15) is 5.75 Å². The van der Waals surface area contributed by atoms with Crippen molar-refractivity contribution in [2.75, 3.05) is 7.11 Å². The third-order valence-corrected chi connectivity index (χ3v) is 1.75. The molecule has 1 aromatic carbocycles. The minimum atomic E-state index is 0.877. The Bertz CT molecular complexity index is 233. The van der Waals surface area contributed by atoms with E-state index in [0.717, 1.165) is 10.9 Å². The van der Waals surface area contributed by atoms with Crippen LogP contribution in [0.4, 0.5) is 0 Å². The van der Waals surface area contributed by atoms with Crippen LogP contribution in [0.5, 0.6) is 5.75 Å². The molecule has 0 heterocycles. The molecule has 0 unspecified atom stereocenters. The first-order valence-corrected chi connectivity index (χ1v) is 3.60. The van der Waals surface area contributed by atoms with E-state index in [2.05, 4.69) is 10.2 Å². The topological polar surface area (TPSA) is 9.23 Å². The fourth-order valence-electron chi connectivity index (χ4n) is 0.822. The summed E-state index contributed by atoms with van der Waals surface area (Å²) in [5.41, 5.74) is 1.23. The van der Waals surface area contributed by atoms with Crippen molar-refractivity contribution in [3.8, 4) is 5.75 Å². The zero-order valence-corrected chi connectivity index (χ0v) is 7.14. The molecule has 10 heavy (non-hydrogen) atoms. The molecule has 0 amide bonds. The molecule has 0 aliphatic heterocycles. The van der Waals surface area contributed by atoms with Gasteiger partial charge in [-0.15, -0.1) is 0 Å². The van der Waals surface area contributed by atoms with Crippen molar-refractivity contribution in [1.29, 1.82) is 0 Å². The first kappa shape index (κ1) is 7.35. The van der Waals surface area contributed by atoms with E-state index in [1.54, 1.807) is 7.11 Å². The minimum absolute atomic E-state index is 0.877. The quantitative estimate of drug-likeness (QED) is 0.537. The van der Waals surface area contributed by atoms with Crippen LogP contribution in [0.2, 0.25) is 0 Å². The number of hydrogen-bond acceptors (Lipinski definition) is 1. The van der Waals surface area contributed by atoms with E-state index in [0.29, 0.717) is 0 Å². The second kappa shape index (κ2) is 2.88. The molecule has 1 aromatic rings. The molecule has 1 nitrogen and oxygen atoms in total. The monoisotopic (exact) mass is 149 g/mol. The van der Waals surface area contributed by atoms with Crippen LogP contribution in [0.3, 0.4) is 0 Å². The van der Waals surface area contributed by atoms with Crippen molar-refractivity contribution >= 4 is 15.4 Å². The summed E-state index contributed by atoms with van der Waals surface area (Å²) in [4.78, 5) is 0. The molecule has 0 N–H and O–H groups in total. The molecule has 0 bridgehead atoms. The van der Waals surface area contributed by atoms with Crippen LogP contribution in [0, 0.1) is 6.92 Å². The predicted molar refractivity (Wildman–Crippen MR) is 43.1 cm³/mol. The molecule has 0 aromatic heterocycles. The maximum Gasteiger partial charge on any atom is 0.117 e. The van der Waals surface area contributed by atoms with Crippen LogP contribution in [0.15, 0.2) is 18.2 Å². The maximum atomic E-state index is 5.05. The van der Waals surface area contributed by atoms with Gasteiger partial charge in [0.15, 0.2) is 0 Å². The van der Waals surface area contributed by atoms with Crippen molar-refractivity contribution in [2.45, 2.75) is 6.92 Å².